The zero-order valence-electron chi connectivity index (χ0n) is 19.7. The molecule has 0 radical (unpaired) electrons. The van der Waals surface area contributed by atoms with Gasteiger partial charge in [0.25, 0.3) is 0 Å². The first-order chi connectivity index (χ1) is 16.3. The fraction of sp³-hybridized carbons (Fsp3) is 0.214. The summed E-state index contributed by atoms with van der Waals surface area (Å²) in [6.07, 6.45) is 0. The van der Waals surface area contributed by atoms with Gasteiger partial charge in [-0.25, -0.2) is 9.97 Å². The van der Waals surface area contributed by atoms with E-state index in [0.717, 1.165) is 43.7 Å². The Balaban J connectivity index is 1.62. The van der Waals surface area contributed by atoms with E-state index in [1.54, 1.807) is 11.3 Å². The van der Waals surface area contributed by atoms with E-state index in [0.29, 0.717) is 0 Å². The van der Waals surface area contributed by atoms with Gasteiger partial charge in [-0.05, 0) is 39.2 Å². The van der Waals surface area contributed by atoms with Gasteiger partial charge in [0.15, 0.2) is 5.82 Å². The minimum absolute atomic E-state index is 0.418. The van der Waals surface area contributed by atoms with Crippen molar-refractivity contribution < 1.29 is 9.31 Å². The normalized spacial score (nSPS) is 17.0. The summed E-state index contributed by atoms with van der Waals surface area (Å²) in [4.78, 5) is 10.2. The van der Waals surface area contributed by atoms with Gasteiger partial charge in [-0.1, -0.05) is 72.8 Å². The lowest BCUT2D eigenvalue weighted by atomic mass is 9.75. The number of nitrogens with zero attached hydrogens (tertiary/aromatic N) is 2. The molecule has 1 saturated heterocycles. The second kappa shape index (κ2) is 7.74. The molecule has 0 unspecified atom stereocenters. The van der Waals surface area contributed by atoms with E-state index in [2.05, 4.69) is 76.2 Å². The number of hydrogen-bond acceptors (Lipinski definition) is 5. The molecule has 168 valence electrons. The van der Waals surface area contributed by atoms with Crippen molar-refractivity contribution in [3.8, 4) is 22.6 Å². The Morgan fingerprint density at radius 2 is 1.38 bits per heavy atom. The fourth-order valence-electron chi connectivity index (χ4n) is 4.38. The highest BCUT2D eigenvalue weighted by Crippen LogP contribution is 2.41. The van der Waals surface area contributed by atoms with Crippen LogP contribution in [0.1, 0.15) is 27.7 Å². The third-order valence-corrected chi connectivity index (χ3v) is 8.14. The largest absolute Gasteiger partial charge is 0.495 e. The summed E-state index contributed by atoms with van der Waals surface area (Å²) in [5.41, 5.74) is 4.05. The van der Waals surface area contributed by atoms with E-state index in [1.165, 1.54) is 4.70 Å². The maximum Gasteiger partial charge on any atom is 0.495 e. The summed E-state index contributed by atoms with van der Waals surface area (Å²) >= 11 is 1.73. The van der Waals surface area contributed by atoms with Crippen LogP contribution in [0.5, 0.6) is 0 Å². The highest BCUT2D eigenvalue weighted by molar-refractivity contribution is 7.26. The van der Waals surface area contributed by atoms with Crippen molar-refractivity contribution in [2.24, 2.45) is 0 Å². The van der Waals surface area contributed by atoms with Gasteiger partial charge in [0, 0.05) is 21.2 Å². The van der Waals surface area contributed by atoms with Gasteiger partial charge in [0.05, 0.1) is 27.1 Å². The van der Waals surface area contributed by atoms with Gasteiger partial charge in [0.2, 0.25) is 0 Å². The van der Waals surface area contributed by atoms with Crippen molar-refractivity contribution in [3.63, 3.8) is 0 Å². The van der Waals surface area contributed by atoms with Gasteiger partial charge in [0.1, 0.15) is 0 Å². The molecule has 0 spiro atoms. The van der Waals surface area contributed by atoms with Crippen LogP contribution < -0.4 is 5.46 Å². The van der Waals surface area contributed by atoms with Crippen molar-refractivity contribution in [3.05, 3.63) is 78.9 Å². The van der Waals surface area contributed by atoms with Crippen LogP contribution in [0.2, 0.25) is 0 Å². The molecular formula is C28H25BN2O2S. The van der Waals surface area contributed by atoms with Crippen molar-refractivity contribution in [1.29, 1.82) is 0 Å². The Morgan fingerprint density at radius 3 is 2.15 bits per heavy atom. The average molecular weight is 464 g/mol. The third kappa shape index (κ3) is 3.37. The average Bonchev–Trinajstić information content (AvgIpc) is 3.32. The van der Waals surface area contributed by atoms with E-state index >= 15 is 0 Å². The van der Waals surface area contributed by atoms with E-state index in [4.69, 9.17) is 19.3 Å². The summed E-state index contributed by atoms with van der Waals surface area (Å²) in [5, 5.41) is 1.15. The second-order valence-corrected chi connectivity index (χ2v) is 10.8. The van der Waals surface area contributed by atoms with Gasteiger partial charge in [-0.15, -0.1) is 11.3 Å². The Labute approximate surface area is 203 Å². The first kappa shape index (κ1) is 21.5. The van der Waals surface area contributed by atoms with E-state index in [-0.39, 0.29) is 0 Å². The lowest BCUT2D eigenvalue weighted by Gasteiger charge is -2.32. The maximum absolute atomic E-state index is 6.44. The van der Waals surface area contributed by atoms with Gasteiger partial charge >= 0.3 is 7.12 Å². The molecule has 0 atom stereocenters. The number of hydrogen-bond donors (Lipinski definition) is 0. The zero-order valence-corrected chi connectivity index (χ0v) is 20.5. The smallest absolute Gasteiger partial charge is 0.399 e. The molecule has 1 aliphatic rings. The highest BCUT2D eigenvalue weighted by atomic mass is 32.1. The molecule has 0 bridgehead atoms. The summed E-state index contributed by atoms with van der Waals surface area (Å²) in [6, 6.07) is 26.9. The number of benzene rings is 3. The fourth-order valence-corrected chi connectivity index (χ4v) is 5.52. The maximum atomic E-state index is 6.44. The van der Waals surface area contributed by atoms with Gasteiger partial charge < -0.3 is 9.31 Å². The lowest BCUT2D eigenvalue weighted by molar-refractivity contribution is 0.00578. The van der Waals surface area contributed by atoms with Crippen molar-refractivity contribution in [2.75, 3.05) is 0 Å². The Morgan fingerprint density at radius 1 is 0.735 bits per heavy atom. The molecule has 0 amide bonds. The van der Waals surface area contributed by atoms with Crippen molar-refractivity contribution in [1.82, 2.24) is 9.97 Å². The molecule has 1 aliphatic heterocycles. The molecular weight excluding hydrogens is 439 g/mol. The van der Waals surface area contributed by atoms with Crippen LogP contribution in [0.25, 0.3) is 42.9 Å². The molecule has 5 aromatic rings. The van der Waals surface area contributed by atoms with Crippen molar-refractivity contribution in [2.45, 2.75) is 38.9 Å². The van der Waals surface area contributed by atoms with E-state index in [9.17, 15) is 0 Å². The molecule has 2 aromatic heterocycles. The quantitative estimate of drug-likeness (QED) is 0.287. The van der Waals surface area contributed by atoms with E-state index < -0.39 is 18.3 Å². The number of aromatic nitrogens is 2. The van der Waals surface area contributed by atoms with Crippen LogP contribution >= 0.6 is 11.3 Å². The van der Waals surface area contributed by atoms with Crippen LogP contribution in [-0.4, -0.2) is 28.3 Å². The first-order valence-electron chi connectivity index (χ1n) is 11.5. The van der Waals surface area contributed by atoms with Crippen LogP contribution in [0, 0.1) is 0 Å². The topological polar surface area (TPSA) is 44.2 Å². The molecule has 1 fully saturated rings. The standard InChI is InChI=1S/C28H25BN2O2S/c1-27(2)28(3,4)33-29(32-27)21-16-10-8-14-19(21)23-25-24(20-15-9-11-17-22(20)34-25)31-26(30-23)18-12-6-5-7-13-18/h5-17H,1-4H3. The minimum Gasteiger partial charge on any atom is -0.399 e. The molecule has 0 saturated carbocycles. The predicted molar refractivity (Wildman–Crippen MR) is 142 cm³/mol. The van der Waals surface area contributed by atoms with Crippen LogP contribution in [0.4, 0.5) is 0 Å². The molecule has 6 rings (SSSR count). The molecule has 4 nitrogen and oxygen atoms in total. The van der Waals surface area contributed by atoms with Gasteiger partial charge in [-0.2, -0.15) is 0 Å². The second-order valence-electron chi connectivity index (χ2n) is 9.71. The van der Waals surface area contributed by atoms with Crippen LogP contribution in [0.3, 0.4) is 0 Å². The SMILES string of the molecule is CC1(C)OB(c2ccccc2-c2nc(-c3ccccc3)nc3c2sc2ccccc23)OC1(C)C. The van der Waals surface area contributed by atoms with Crippen LogP contribution in [0.15, 0.2) is 78.9 Å². The molecule has 0 N–H and O–H groups in total. The van der Waals surface area contributed by atoms with Crippen molar-refractivity contribution >= 4 is 44.2 Å². The Hall–Kier alpha value is -3.06. The summed E-state index contributed by atoms with van der Waals surface area (Å²) in [6.45, 7) is 8.33. The lowest BCUT2D eigenvalue weighted by Crippen LogP contribution is -2.41. The Bertz CT molecular complexity index is 1510. The van der Waals surface area contributed by atoms with E-state index in [1.807, 2.05) is 30.3 Å². The zero-order chi connectivity index (χ0) is 23.5. The number of thiophene rings is 1. The molecule has 3 heterocycles. The summed E-state index contributed by atoms with van der Waals surface area (Å²) in [7, 11) is -0.472. The predicted octanol–water partition coefficient (Wildman–Crippen LogP) is 6.48. The number of rotatable bonds is 3. The van der Waals surface area contributed by atoms with Crippen LogP contribution in [-0.2, 0) is 9.31 Å². The molecule has 0 aliphatic carbocycles. The highest BCUT2D eigenvalue weighted by Gasteiger charge is 2.52. The Kier molecular flexibility index (Phi) is 4.89. The summed E-state index contributed by atoms with van der Waals surface area (Å²) < 4.78 is 15.1. The minimum atomic E-state index is -0.472. The molecule has 3 aromatic carbocycles. The summed E-state index contributed by atoms with van der Waals surface area (Å²) in [5.74, 6) is 0.718. The monoisotopic (exact) mass is 464 g/mol. The van der Waals surface area contributed by atoms with Gasteiger partial charge in [-0.3, -0.25) is 0 Å². The third-order valence-electron chi connectivity index (χ3n) is 6.97. The molecule has 6 heteroatoms. The molecule has 34 heavy (non-hydrogen) atoms. The number of fused-ring (bicyclic) bond motifs is 3. The first-order valence-corrected chi connectivity index (χ1v) is 12.4.